The minimum atomic E-state index is -4.99. The molecule has 4 N–H and O–H groups in total. The molecule has 1 aromatic rings. The van der Waals surface area contributed by atoms with Crippen molar-refractivity contribution in [1.29, 1.82) is 0 Å². The van der Waals surface area contributed by atoms with Crippen LogP contribution in [0.15, 0.2) is 17.1 Å². The molecule has 3 atom stereocenters. The number of ether oxygens (including phenoxy) is 1. The third-order valence-electron chi connectivity index (χ3n) is 3.19. The van der Waals surface area contributed by atoms with E-state index in [9.17, 15) is 23.1 Å². The quantitative estimate of drug-likeness (QED) is 0.672. The third-order valence-corrected chi connectivity index (χ3v) is 3.19. The van der Waals surface area contributed by atoms with Crippen molar-refractivity contribution in [2.24, 2.45) is 0 Å². The Morgan fingerprint density at radius 2 is 2.25 bits per heavy atom. The highest BCUT2D eigenvalue weighted by Crippen LogP contribution is 2.46. The summed E-state index contributed by atoms with van der Waals surface area (Å²) in [6, 6.07) is 1.21. The van der Waals surface area contributed by atoms with Gasteiger partial charge in [0.05, 0.1) is 12.7 Å². The molecule has 0 saturated carbocycles. The first kappa shape index (κ1) is 14.8. The molecule has 1 aromatic heterocycles. The molecule has 0 spiro atoms. The van der Waals surface area contributed by atoms with Gasteiger partial charge in [-0.2, -0.15) is 18.2 Å². The van der Waals surface area contributed by atoms with Gasteiger partial charge in [0.2, 0.25) is 5.60 Å². The lowest BCUT2D eigenvalue weighted by Crippen LogP contribution is -2.55. The summed E-state index contributed by atoms with van der Waals surface area (Å²) in [5.74, 6) is -0.0889. The van der Waals surface area contributed by atoms with Gasteiger partial charge in [0.1, 0.15) is 12.0 Å². The predicted molar refractivity (Wildman–Crippen MR) is 59.5 cm³/mol. The maximum atomic E-state index is 13.0. The van der Waals surface area contributed by atoms with E-state index < -0.39 is 42.8 Å². The molecule has 0 aliphatic carbocycles. The van der Waals surface area contributed by atoms with Gasteiger partial charge in [-0.1, -0.05) is 0 Å². The Morgan fingerprint density at radius 3 is 2.70 bits per heavy atom. The number of aliphatic hydroxyl groups is 2. The Balaban J connectivity index is 2.37. The SMILES string of the molecule is Nc1ccn([C@H]2C[C@H](O)[C@](CO)(C(F)(F)F)O2)c(=O)n1. The monoisotopic (exact) mass is 295 g/mol. The molecule has 0 radical (unpaired) electrons. The zero-order valence-electron chi connectivity index (χ0n) is 10.0. The van der Waals surface area contributed by atoms with Crippen LogP contribution in [0.25, 0.3) is 0 Å². The van der Waals surface area contributed by atoms with E-state index in [1.807, 2.05) is 0 Å². The molecule has 112 valence electrons. The van der Waals surface area contributed by atoms with Gasteiger partial charge < -0.3 is 20.7 Å². The zero-order valence-corrected chi connectivity index (χ0v) is 10.0. The topological polar surface area (TPSA) is 111 Å². The largest absolute Gasteiger partial charge is 0.422 e. The smallest absolute Gasteiger partial charge is 0.393 e. The summed E-state index contributed by atoms with van der Waals surface area (Å²) in [5, 5.41) is 18.6. The number of rotatable bonds is 2. The number of nitrogen functional groups attached to an aromatic ring is 1. The van der Waals surface area contributed by atoms with Crippen molar-refractivity contribution < 1.29 is 28.1 Å². The molecule has 1 aliphatic rings. The normalized spacial score (nSPS) is 30.6. The van der Waals surface area contributed by atoms with Crippen LogP contribution in [0.5, 0.6) is 0 Å². The number of nitrogens with zero attached hydrogens (tertiary/aromatic N) is 2. The number of nitrogens with two attached hydrogens (primary N) is 1. The van der Waals surface area contributed by atoms with E-state index in [-0.39, 0.29) is 5.82 Å². The summed E-state index contributed by atoms with van der Waals surface area (Å²) >= 11 is 0. The Kier molecular flexibility index (Phi) is 3.48. The van der Waals surface area contributed by atoms with Crippen LogP contribution in [0, 0.1) is 0 Å². The van der Waals surface area contributed by atoms with Gasteiger partial charge in [0.15, 0.2) is 0 Å². The predicted octanol–water partition coefficient (Wildman–Crippen LogP) is -0.601. The number of anilines is 1. The molecule has 0 unspecified atom stereocenters. The molecule has 0 bridgehead atoms. The highest BCUT2D eigenvalue weighted by atomic mass is 19.4. The lowest BCUT2D eigenvalue weighted by Gasteiger charge is -2.32. The zero-order chi connectivity index (χ0) is 15.1. The average molecular weight is 295 g/mol. The van der Waals surface area contributed by atoms with Crippen molar-refractivity contribution in [3.63, 3.8) is 0 Å². The van der Waals surface area contributed by atoms with E-state index in [1.165, 1.54) is 6.07 Å². The Hall–Kier alpha value is -1.65. The maximum absolute atomic E-state index is 13.0. The van der Waals surface area contributed by atoms with E-state index in [0.29, 0.717) is 0 Å². The second kappa shape index (κ2) is 4.72. The van der Waals surface area contributed by atoms with Crippen LogP contribution < -0.4 is 11.4 Å². The lowest BCUT2D eigenvalue weighted by atomic mass is 9.97. The van der Waals surface area contributed by atoms with Crippen LogP contribution in [-0.2, 0) is 4.74 Å². The van der Waals surface area contributed by atoms with Gasteiger partial charge in [0, 0.05) is 12.6 Å². The molecule has 20 heavy (non-hydrogen) atoms. The molecular formula is C10H12F3N3O4. The fourth-order valence-electron chi connectivity index (χ4n) is 2.05. The third kappa shape index (κ3) is 2.15. The molecule has 1 fully saturated rings. The summed E-state index contributed by atoms with van der Waals surface area (Å²) in [7, 11) is 0. The molecule has 10 heteroatoms. The summed E-state index contributed by atoms with van der Waals surface area (Å²) < 4.78 is 44.4. The molecule has 7 nitrogen and oxygen atoms in total. The summed E-state index contributed by atoms with van der Waals surface area (Å²) in [6.45, 7) is -1.45. The van der Waals surface area contributed by atoms with Crippen molar-refractivity contribution in [3.05, 3.63) is 22.7 Å². The standard InChI is InChI=1S/C10H12F3N3O4/c11-10(12,13)9(4-17)5(18)3-7(20-9)16-2-1-6(14)15-8(16)19/h1-2,5,7,17-18H,3-4H2,(H2,14,15,19)/t5-,7+,9+/m0/s1. The molecule has 0 amide bonds. The minimum Gasteiger partial charge on any atom is -0.393 e. The highest BCUT2D eigenvalue weighted by Gasteiger charge is 2.65. The summed E-state index contributed by atoms with van der Waals surface area (Å²) in [6.07, 6.45) is -7.76. The Bertz CT molecular complexity index is 561. The second-order valence-corrected chi connectivity index (χ2v) is 4.41. The lowest BCUT2D eigenvalue weighted by molar-refractivity contribution is -0.305. The van der Waals surface area contributed by atoms with Crippen LogP contribution in [0.2, 0.25) is 0 Å². The van der Waals surface area contributed by atoms with Gasteiger partial charge in [-0.25, -0.2) is 4.79 Å². The van der Waals surface area contributed by atoms with E-state index in [4.69, 9.17) is 15.6 Å². The summed E-state index contributed by atoms with van der Waals surface area (Å²) in [5.41, 5.74) is 1.25. The van der Waals surface area contributed by atoms with Crippen molar-refractivity contribution in [2.75, 3.05) is 12.3 Å². The van der Waals surface area contributed by atoms with E-state index in [1.54, 1.807) is 0 Å². The molecule has 2 heterocycles. The van der Waals surface area contributed by atoms with Crippen LogP contribution in [-0.4, -0.2) is 44.3 Å². The maximum Gasteiger partial charge on any atom is 0.422 e. The van der Waals surface area contributed by atoms with Gasteiger partial charge >= 0.3 is 11.9 Å². The average Bonchev–Trinajstić information content (AvgIpc) is 2.66. The van der Waals surface area contributed by atoms with Crippen LogP contribution in [0.1, 0.15) is 12.6 Å². The first-order valence-corrected chi connectivity index (χ1v) is 5.59. The van der Waals surface area contributed by atoms with Crippen molar-refractivity contribution in [3.8, 4) is 0 Å². The van der Waals surface area contributed by atoms with Crippen molar-refractivity contribution >= 4 is 5.82 Å². The fraction of sp³-hybridized carbons (Fsp3) is 0.600. The molecule has 1 saturated heterocycles. The molecule has 2 rings (SSSR count). The van der Waals surface area contributed by atoms with Crippen molar-refractivity contribution in [1.82, 2.24) is 9.55 Å². The van der Waals surface area contributed by atoms with E-state index in [2.05, 4.69) is 4.98 Å². The molecular weight excluding hydrogens is 283 g/mol. The van der Waals surface area contributed by atoms with Crippen molar-refractivity contribution in [2.45, 2.75) is 30.5 Å². The summed E-state index contributed by atoms with van der Waals surface area (Å²) in [4.78, 5) is 14.9. The number of alkyl halides is 3. The number of halogens is 3. The fourth-order valence-corrected chi connectivity index (χ4v) is 2.05. The first-order valence-electron chi connectivity index (χ1n) is 5.59. The first-order chi connectivity index (χ1) is 9.21. The van der Waals surface area contributed by atoms with E-state index >= 15 is 0 Å². The number of aromatic nitrogens is 2. The van der Waals surface area contributed by atoms with Crippen LogP contribution >= 0.6 is 0 Å². The van der Waals surface area contributed by atoms with Gasteiger partial charge in [-0.05, 0) is 6.07 Å². The second-order valence-electron chi connectivity index (χ2n) is 4.41. The van der Waals surface area contributed by atoms with Gasteiger partial charge in [-0.3, -0.25) is 4.57 Å². The number of aliphatic hydroxyl groups excluding tert-OH is 2. The van der Waals surface area contributed by atoms with Crippen LogP contribution in [0.3, 0.4) is 0 Å². The Morgan fingerprint density at radius 1 is 1.60 bits per heavy atom. The van der Waals surface area contributed by atoms with E-state index in [0.717, 1.165) is 10.8 Å². The number of hydrogen-bond donors (Lipinski definition) is 3. The molecule has 1 aliphatic heterocycles. The van der Waals surface area contributed by atoms with Gasteiger partial charge in [-0.15, -0.1) is 0 Å². The minimum absolute atomic E-state index is 0.0889. The van der Waals surface area contributed by atoms with Gasteiger partial charge in [0.25, 0.3) is 0 Å². The highest BCUT2D eigenvalue weighted by molar-refractivity contribution is 5.23. The Labute approximate surface area is 110 Å². The number of hydrogen-bond acceptors (Lipinski definition) is 6. The van der Waals surface area contributed by atoms with Crippen LogP contribution in [0.4, 0.5) is 19.0 Å². The molecule has 0 aromatic carbocycles.